The zero-order chi connectivity index (χ0) is 24.3. The second-order valence-electron chi connectivity index (χ2n) is 8.27. The van der Waals surface area contributed by atoms with Crippen molar-refractivity contribution >= 4 is 23.3 Å². The third-order valence-corrected chi connectivity index (χ3v) is 5.68. The summed E-state index contributed by atoms with van der Waals surface area (Å²) in [6, 6.07) is 19.0. The van der Waals surface area contributed by atoms with Gasteiger partial charge in [-0.3, -0.25) is 9.69 Å². The minimum atomic E-state index is -4.39. The maximum Gasteiger partial charge on any atom is 0.416 e. The molecular weight excluding hydrogens is 443 g/mol. The van der Waals surface area contributed by atoms with Crippen LogP contribution in [0, 0.1) is 6.92 Å². The highest BCUT2D eigenvalue weighted by Crippen LogP contribution is 2.29. The molecule has 176 valence electrons. The van der Waals surface area contributed by atoms with Gasteiger partial charge in [-0.2, -0.15) is 13.2 Å². The van der Waals surface area contributed by atoms with E-state index in [1.54, 1.807) is 46.2 Å². The van der Waals surface area contributed by atoms with Crippen molar-refractivity contribution in [1.29, 1.82) is 0 Å². The van der Waals surface area contributed by atoms with E-state index in [2.05, 4.69) is 5.32 Å². The van der Waals surface area contributed by atoms with E-state index in [1.165, 1.54) is 12.1 Å². The van der Waals surface area contributed by atoms with Crippen molar-refractivity contribution in [3.05, 3.63) is 95.1 Å². The molecule has 1 aliphatic rings. The molecule has 3 amide bonds. The molecule has 0 spiro atoms. The van der Waals surface area contributed by atoms with Gasteiger partial charge >= 0.3 is 12.2 Å². The lowest BCUT2D eigenvalue weighted by atomic mass is 10.1. The first-order valence-corrected chi connectivity index (χ1v) is 10.9. The van der Waals surface area contributed by atoms with E-state index in [0.29, 0.717) is 35.6 Å². The predicted octanol–water partition coefficient (Wildman–Crippen LogP) is 6.10. The van der Waals surface area contributed by atoms with Crippen LogP contribution in [0.1, 0.15) is 33.5 Å². The summed E-state index contributed by atoms with van der Waals surface area (Å²) in [4.78, 5) is 28.8. The van der Waals surface area contributed by atoms with Crippen molar-refractivity contribution in [2.45, 2.75) is 26.1 Å². The lowest BCUT2D eigenvalue weighted by Gasteiger charge is -2.35. The first-order chi connectivity index (χ1) is 16.2. The van der Waals surface area contributed by atoms with Gasteiger partial charge in [0.1, 0.15) is 0 Å². The number of urea groups is 1. The summed E-state index contributed by atoms with van der Waals surface area (Å²) in [7, 11) is 0. The topological polar surface area (TPSA) is 52.7 Å². The van der Waals surface area contributed by atoms with Gasteiger partial charge < -0.3 is 10.2 Å². The Morgan fingerprint density at radius 3 is 2.32 bits per heavy atom. The molecule has 0 aromatic heterocycles. The van der Waals surface area contributed by atoms with E-state index in [4.69, 9.17) is 0 Å². The highest BCUT2D eigenvalue weighted by Gasteiger charge is 2.30. The third-order valence-electron chi connectivity index (χ3n) is 5.68. The molecule has 3 aromatic carbocycles. The van der Waals surface area contributed by atoms with Crippen molar-refractivity contribution in [3.63, 3.8) is 0 Å². The summed E-state index contributed by atoms with van der Waals surface area (Å²) >= 11 is 0. The number of rotatable bonds is 5. The first-order valence-electron chi connectivity index (χ1n) is 10.9. The average molecular weight is 467 g/mol. The van der Waals surface area contributed by atoms with Crippen LogP contribution in [-0.2, 0) is 12.7 Å². The zero-order valence-electron chi connectivity index (χ0n) is 18.6. The van der Waals surface area contributed by atoms with Gasteiger partial charge in [0.25, 0.3) is 5.91 Å². The number of alkyl halides is 3. The van der Waals surface area contributed by atoms with Crippen molar-refractivity contribution in [1.82, 2.24) is 4.90 Å². The molecule has 1 aliphatic heterocycles. The minimum Gasteiger partial charge on any atom is -0.322 e. The van der Waals surface area contributed by atoms with Crippen molar-refractivity contribution in [3.8, 4) is 0 Å². The average Bonchev–Trinajstić information content (AvgIpc) is 2.81. The lowest BCUT2D eigenvalue weighted by Crippen LogP contribution is -2.49. The molecule has 0 aliphatic carbocycles. The highest BCUT2D eigenvalue weighted by molar-refractivity contribution is 6.04. The van der Waals surface area contributed by atoms with Crippen LogP contribution in [0.25, 0.3) is 0 Å². The monoisotopic (exact) mass is 467 g/mol. The Labute approximate surface area is 195 Å². The molecule has 3 aromatic rings. The van der Waals surface area contributed by atoms with Gasteiger partial charge in [-0.05, 0) is 67.4 Å². The Balaban J connectivity index is 1.41. The van der Waals surface area contributed by atoms with Crippen LogP contribution in [0.3, 0.4) is 0 Å². The normalized spacial score (nSPS) is 14.3. The highest BCUT2D eigenvalue weighted by atomic mass is 19.4. The Morgan fingerprint density at radius 1 is 0.971 bits per heavy atom. The maximum atomic E-state index is 13.0. The van der Waals surface area contributed by atoms with E-state index < -0.39 is 11.7 Å². The number of amides is 3. The Kier molecular flexibility index (Phi) is 6.58. The van der Waals surface area contributed by atoms with Crippen LogP contribution in [0.4, 0.5) is 29.3 Å². The van der Waals surface area contributed by atoms with E-state index >= 15 is 0 Å². The number of nitrogens with one attached hydrogen (secondary N) is 1. The van der Waals surface area contributed by atoms with E-state index in [-0.39, 0.29) is 18.5 Å². The number of nitrogens with zero attached hydrogens (tertiary/aromatic N) is 2. The Morgan fingerprint density at radius 2 is 1.68 bits per heavy atom. The zero-order valence-corrected chi connectivity index (χ0v) is 18.6. The number of anilines is 2. The number of benzene rings is 3. The van der Waals surface area contributed by atoms with Gasteiger partial charge in [-0.1, -0.05) is 29.8 Å². The summed E-state index contributed by atoms with van der Waals surface area (Å²) in [6.45, 7) is 3.22. The summed E-state index contributed by atoms with van der Waals surface area (Å²) < 4.78 is 38.4. The molecule has 34 heavy (non-hydrogen) atoms. The third kappa shape index (κ3) is 5.39. The number of hydrogen-bond acceptors (Lipinski definition) is 2. The molecular formula is C26H24F3N3O2. The summed E-state index contributed by atoms with van der Waals surface area (Å²) in [5, 5.41) is 2.85. The van der Waals surface area contributed by atoms with Gasteiger partial charge in [0, 0.05) is 36.6 Å². The lowest BCUT2D eigenvalue weighted by molar-refractivity contribution is -0.137. The fraction of sp³-hybridized carbons (Fsp3) is 0.231. The van der Waals surface area contributed by atoms with Gasteiger partial charge in [0.15, 0.2) is 0 Å². The molecule has 4 rings (SSSR count). The van der Waals surface area contributed by atoms with Crippen LogP contribution in [0.2, 0.25) is 0 Å². The van der Waals surface area contributed by atoms with Gasteiger partial charge in [0.05, 0.1) is 5.56 Å². The van der Waals surface area contributed by atoms with Crippen LogP contribution in [0.15, 0.2) is 72.8 Å². The molecule has 1 fully saturated rings. The second kappa shape index (κ2) is 9.59. The smallest absolute Gasteiger partial charge is 0.322 e. The number of aryl methyl sites for hydroxylation is 1. The van der Waals surface area contributed by atoms with Gasteiger partial charge in [-0.15, -0.1) is 0 Å². The van der Waals surface area contributed by atoms with Crippen LogP contribution >= 0.6 is 0 Å². The summed E-state index contributed by atoms with van der Waals surface area (Å²) in [5.74, 6) is -0.215. The second-order valence-corrected chi connectivity index (χ2v) is 8.27. The molecule has 8 heteroatoms. The summed E-state index contributed by atoms with van der Waals surface area (Å²) in [6.07, 6.45) is -3.65. The molecule has 5 nitrogen and oxygen atoms in total. The fourth-order valence-electron chi connectivity index (χ4n) is 3.90. The van der Waals surface area contributed by atoms with E-state index in [1.807, 2.05) is 19.1 Å². The Bertz CT molecular complexity index is 1180. The number of carbonyl (C=O) groups is 2. The van der Waals surface area contributed by atoms with Crippen molar-refractivity contribution in [2.24, 2.45) is 0 Å². The largest absolute Gasteiger partial charge is 0.416 e. The first kappa shape index (κ1) is 23.4. The molecule has 1 N–H and O–H groups in total. The summed E-state index contributed by atoms with van der Waals surface area (Å²) in [5.41, 5.74) is 2.79. The number of carbonyl (C=O) groups excluding carboxylic acids is 2. The SMILES string of the molecule is Cc1cccc(C(=O)Nc2ccc(N3CCCN(Cc4ccc(C(F)(F)F)cc4)C3=O)cc2)c1. The standard InChI is InChI=1S/C26H24F3N3O2/c1-18-4-2-5-20(16-18)24(33)30-22-10-12-23(13-11-22)32-15-3-14-31(25(32)34)17-19-6-8-21(9-7-19)26(27,28)29/h2,4-13,16H,3,14-15,17H2,1H3,(H,30,33). The van der Waals surface area contributed by atoms with Crippen LogP contribution < -0.4 is 10.2 Å². The molecule has 0 unspecified atom stereocenters. The van der Waals surface area contributed by atoms with Crippen LogP contribution in [-0.4, -0.2) is 29.9 Å². The predicted molar refractivity (Wildman–Crippen MR) is 125 cm³/mol. The van der Waals surface area contributed by atoms with Gasteiger partial charge in [-0.25, -0.2) is 4.79 Å². The molecule has 0 saturated carbocycles. The molecule has 0 radical (unpaired) electrons. The number of halogens is 3. The van der Waals surface area contributed by atoms with E-state index in [9.17, 15) is 22.8 Å². The molecule has 0 atom stereocenters. The molecule has 1 heterocycles. The van der Waals surface area contributed by atoms with Crippen molar-refractivity contribution in [2.75, 3.05) is 23.3 Å². The Hall–Kier alpha value is -3.81. The van der Waals surface area contributed by atoms with E-state index in [0.717, 1.165) is 24.1 Å². The van der Waals surface area contributed by atoms with Crippen LogP contribution in [0.5, 0.6) is 0 Å². The number of hydrogen-bond donors (Lipinski definition) is 1. The minimum absolute atomic E-state index is 0.206. The molecule has 1 saturated heterocycles. The van der Waals surface area contributed by atoms with Crippen molar-refractivity contribution < 1.29 is 22.8 Å². The van der Waals surface area contributed by atoms with Gasteiger partial charge in [0.2, 0.25) is 0 Å². The quantitative estimate of drug-likeness (QED) is 0.493. The molecule has 0 bridgehead atoms. The maximum absolute atomic E-state index is 13.0. The fourth-order valence-corrected chi connectivity index (χ4v) is 3.90.